The van der Waals surface area contributed by atoms with Crippen molar-refractivity contribution < 1.29 is 9.53 Å². The number of hydrogen-bond donors (Lipinski definition) is 2. The van der Waals surface area contributed by atoms with Gasteiger partial charge in [-0.25, -0.2) is 9.78 Å². The van der Waals surface area contributed by atoms with Gasteiger partial charge in [-0.05, 0) is 52.7 Å². The molecule has 6 nitrogen and oxygen atoms in total. The van der Waals surface area contributed by atoms with E-state index in [0.29, 0.717) is 6.04 Å². The van der Waals surface area contributed by atoms with Crippen LogP contribution in [0.2, 0.25) is 0 Å². The minimum Gasteiger partial charge on any atom is -0.444 e. The van der Waals surface area contributed by atoms with Gasteiger partial charge in [0, 0.05) is 37.9 Å². The Morgan fingerprint density at radius 1 is 1.38 bits per heavy atom. The molecule has 0 bridgehead atoms. The van der Waals surface area contributed by atoms with Gasteiger partial charge >= 0.3 is 6.09 Å². The van der Waals surface area contributed by atoms with Crippen LogP contribution in [0.1, 0.15) is 40.5 Å². The predicted molar refractivity (Wildman–Crippen MR) is 96.3 cm³/mol. The Hall–Kier alpha value is -1.82. The third kappa shape index (κ3) is 6.35. The number of carbonyl (C=O) groups excluding carboxylic acids is 1. The van der Waals surface area contributed by atoms with E-state index < -0.39 is 5.60 Å². The second kappa shape index (κ2) is 8.33. The molecule has 1 atom stereocenters. The Balaban J connectivity index is 1.66. The largest absolute Gasteiger partial charge is 0.444 e. The summed E-state index contributed by atoms with van der Waals surface area (Å²) in [7, 11) is 0. The zero-order valence-corrected chi connectivity index (χ0v) is 15.2. The normalized spacial score (nSPS) is 17.4. The first-order valence-corrected chi connectivity index (χ1v) is 8.72. The number of alkyl carbamates (subject to hydrolysis) is 1. The molecule has 1 aliphatic rings. The topological polar surface area (TPSA) is 66.5 Å². The number of hydrogen-bond acceptors (Lipinski definition) is 5. The van der Waals surface area contributed by atoms with E-state index in [-0.39, 0.29) is 12.1 Å². The van der Waals surface area contributed by atoms with Crippen LogP contribution in [0, 0.1) is 0 Å². The van der Waals surface area contributed by atoms with Crippen molar-refractivity contribution in [1.82, 2.24) is 15.6 Å². The van der Waals surface area contributed by atoms with E-state index in [4.69, 9.17) is 4.74 Å². The van der Waals surface area contributed by atoms with Gasteiger partial charge in [0.1, 0.15) is 11.4 Å². The number of pyridine rings is 1. The lowest BCUT2D eigenvalue weighted by Crippen LogP contribution is -2.48. The number of rotatable bonds is 5. The molecule has 0 aromatic carbocycles. The minimum absolute atomic E-state index is 0.0358. The summed E-state index contributed by atoms with van der Waals surface area (Å²) < 4.78 is 5.27. The van der Waals surface area contributed by atoms with Crippen LogP contribution < -0.4 is 15.5 Å². The summed E-state index contributed by atoms with van der Waals surface area (Å²) in [6.45, 7) is 10.3. The first-order chi connectivity index (χ1) is 11.3. The summed E-state index contributed by atoms with van der Waals surface area (Å²) in [6.07, 6.45) is 3.64. The molecule has 2 rings (SSSR count). The highest BCUT2D eigenvalue weighted by molar-refractivity contribution is 5.68. The fourth-order valence-corrected chi connectivity index (χ4v) is 2.76. The van der Waals surface area contributed by atoms with E-state index in [2.05, 4.69) is 26.6 Å². The minimum atomic E-state index is -0.463. The molecule has 2 heterocycles. The molecule has 6 heteroatoms. The number of nitrogens with one attached hydrogen (secondary N) is 2. The van der Waals surface area contributed by atoms with Crippen molar-refractivity contribution in [3.05, 3.63) is 24.4 Å². The van der Waals surface area contributed by atoms with E-state index in [1.165, 1.54) is 0 Å². The van der Waals surface area contributed by atoms with Crippen molar-refractivity contribution in [2.24, 2.45) is 0 Å². The van der Waals surface area contributed by atoms with Crippen molar-refractivity contribution in [3.63, 3.8) is 0 Å². The molecular formula is C18H30N4O2. The number of anilines is 1. The molecule has 1 aromatic rings. The van der Waals surface area contributed by atoms with Crippen LogP contribution in [0.5, 0.6) is 0 Å². The van der Waals surface area contributed by atoms with Gasteiger partial charge < -0.3 is 20.3 Å². The summed E-state index contributed by atoms with van der Waals surface area (Å²) >= 11 is 0. The van der Waals surface area contributed by atoms with Crippen LogP contribution in [0.25, 0.3) is 0 Å². The number of nitrogens with zero attached hydrogens (tertiary/aromatic N) is 2. The van der Waals surface area contributed by atoms with Crippen LogP contribution in [-0.4, -0.2) is 48.4 Å². The van der Waals surface area contributed by atoms with Crippen LogP contribution in [-0.2, 0) is 4.74 Å². The summed E-state index contributed by atoms with van der Waals surface area (Å²) in [4.78, 5) is 18.5. The van der Waals surface area contributed by atoms with E-state index in [0.717, 1.165) is 38.3 Å². The molecule has 0 spiro atoms. The lowest BCUT2D eigenvalue weighted by atomic mass is 10.0. The third-order valence-electron chi connectivity index (χ3n) is 3.94. The second-order valence-electron chi connectivity index (χ2n) is 7.40. The molecule has 0 saturated carbocycles. The Labute approximate surface area is 145 Å². The predicted octanol–water partition coefficient (Wildman–Crippen LogP) is 2.55. The highest BCUT2D eigenvalue weighted by atomic mass is 16.6. The number of piperidine rings is 1. The zero-order valence-electron chi connectivity index (χ0n) is 15.2. The molecule has 1 amide bonds. The number of amides is 1. The molecule has 1 aliphatic heterocycles. The number of ether oxygens (including phenoxy) is 1. The lowest BCUT2D eigenvalue weighted by Gasteiger charge is -2.33. The molecule has 1 unspecified atom stereocenters. The Bertz CT molecular complexity index is 508. The first kappa shape index (κ1) is 18.5. The summed E-state index contributed by atoms with van der Waals surface area (Å²) in [5.41, 5.74) is -0.463. The van der Waals surface area contributed by atoms with E-state index in [1.807, 2.05) is 46.0 Å². The molecule has 1 aromatic heterocycles. The van der Waals surface area contributed by atoms with Gasteiger partial charge in [0.15, 0.2) is 0 Å². The number of carbonyl (C=O) groups is 1. The molecule has 0 aliphatic carbocycles. The van der Waals surface area contributed by atoms with Crippen molar-refractivity contribution in [3.8, 4) is 0 Å². The SMILES string of the molecule is CC(CNC1CCN(c2ccccn2)CC1)NC(=O)OC(C)(C)C. The van der Waals surface area contributed by atoms with Gasteiger partial charge in [0.25, 0.3) is 0 Å². The maximum Gasteiger partial charge on any atom is 0.407 e. The standard InChI is InChI=1S/C18H30N4O2/c1-14(21-17(23)24-18(2,3)4)13-20-15-8-11-22(12-9-15)16-7-5-6-10-19-16/h5-7,10,14-15,20H,8-9,11-13H2,1-4H3,(H,21,23). The van der Waals surface area contributed by atoms with E-state index in [1.54, 1.807) is 0 Å². The van der Waals surface area contributed by atoms with Gasteiger partial charge in [-0.3, -0.25) is 0 Å². The average Bonchev–Trinajstić information content (AvgIpc) is 2.52. The highest BCUT2D eigenvalue weighted by Gasteiger charge is 2.21. The number of aromatic nitrogens is 1. The quantitative estimate of drug-likeness (QED) is 0.866. The fraction of sp³-hybridized carbons (Fsp3) is 0.667. The van der Waals surface area contributed by atoms with Crippen LogP contribution in [0.4, 0.5) is 10.6 Å². The second-order valence-corrected chi connectivity index (χ2v) is 7.40. The van der Waals surface area contributed by atoms with Crippen LogP contribution in [0.15, 0.2) is 24.4 Å². The smallest absolute Gasteiger partial charge is 0.407 e. The van der Waals surface area contributed by atoms with Gasteiger partial charge in [0.2, 0.25) is 0 Å². The molecule has 2 N–H and O–H groups in total. The maximum atomic E-state index is 11.7. The van der Waals surface area contributed by atoms with Gasteiger partial charge in [0.05, 0.1) is 0 Å². The summed E-state index contributed by atoms with van der Waals surface area (Å²) in [5, 5.41) is 6.41. The Morgan fingerprint density at radius 2 is 2.08 bits per heavy atom. The summed E-state index contributed by atoms with van der Waals surface area (Å²) in [6, 6.07) is 6.54. The van der Waals surface area contributed by atoms with Crippen molar-refractivity contribution in [1.29, 1.82) is 0 Å². The molecule has 0 radical (unpaired) electrons. The average molecular weight is 334 g/mol. The van der Waals surface area contributed by atoms with Gasteiger partial charge in [-0.15, -0.1) is 0 Å². The van der Waals surface area contributed by atoms with Crippen molar-refractivity contribution >= 4 is 11.9 Å². The third-order valence-corrected chi connectivity index (χ3v) is 3.94. The fourth-order valence-electron chi connectivity index (χ4n) is 2.76. The van der Waals surface area contributed by atoms with E-state index >= 15 is 0 Å². The molecule has 1 saturated heterocycles. The Kier molecular flexibility index (Phi) is 6.43. The van der Waals surface area contributed by atoms with Crippen molar-refractivity contribution in [2.75, 3.05) is 24.5 Å². The molecule has 134 valence electrons. The summed E-state index contributed by atoms with van der Waals surface area (Å²) in [5.74, 6) is 1.05. The molecular weight excluding hydrogens is 304 g/mol. The van der Waals surface area contributed by atoms with Gasteiger partial charge in [-0.1, -0.05) is 6.07 Å². The van der Waals surface area contributed by atoms with Gasteiger partial charge in [-0.2, -0.15) is 0 Å². The zero-order chi connectivity index (χ0) is 17.6. The maximum absolute atomic E-state index is 11.7. The molecule has 24 heavy (non-hydrogen) atoms. The van der Waals surface area contributed by atoms with Crippen LogP contribution >= 0.6 is 0 Å². The monoisotopic (exact) mass is 334 g/mol. The Morgan fingerprint density at radius 3 is 2.67 bits per heavy atom. The van der Waals surface area contributed by atoms with E-state index in [9.17, 15) is 4.79 Å². The first-order valence-electron chi connectivity index (χ1n) is 8.72. The molecule has 1 fully saturated rings. The lowest BCUT2D eigenvalue weighted by molar-refractivity contribution is 0.0507. The highest BCUT2D eigenvalue weighted by Crippen LogP contribution is 2.17. The van der Waals surface area contributed by atoms with Crippen LogP contribution in [0.3, 0.4) is 0 Å². The van der Waals surface area contributed by atoms with Crippen molar-refractivity contribution in [2.45, 2.75) is 58.2 Å².